The molecule has 22 heavy (non-hydrogen) atoms. The smallest absolute Gasteiger partial charge is 0.337 e. The van der Waals surface area contributed by atoms with E-state index in [4.69, 9.17) is 16.7 Å². The summed E-state index contributed by atoms with van der Waals surface area (Å²) in [7, 11) is 0. The average molecular weight is 317 g/mol. The van der Waals surface area contributed by atoms with Crippen molar-refractivity contribution < 1.29 is 15.0 Å². The number of aromatic carboxylic acids is 1. The fourth-order valence-corrected chi connectivity index (χ4v) is 2.69. The molecule has 0 saturated heterocycles. The Morgan fingerprint density at radius 2 is 2.05 bits per heavy atom. The summed E-state index contributed by atoms with van der Waals surface area (Å²) in [5, 5.41) is 23.4. The van der Waals surface area contributed by atoms with Gasteiger partial charge in [-0.25, -0.2) is 4.79 Å². The van der Waals surface area contributed by atoms with Gasteiger partial charge < -0.3 is 10.2 Å². The number of aromatic hydroxyl groups is 1. The molecule has 1 aliphatic rings. The number of hydrogen-bond donors (Lipinski definition) is 3. The maximum atomic E-state index is 11.1. The summed E-state index contributed by atoms with van der Waals surface area (Å²) in [5.41, 5.74) is 6.06. The minimum atomic E-state index is -1.09. The van der Waals surface area contributed by atoms with Crippen molar-refractivity contribution in [2.24, 2.45) is 5.10 Å². The number of rotatable bonds is 3. The predicted octanol–water partition coefficient (Wildman–Crippen LogP) is 3.51. The average Bonchev–Trinajstić information content (AvgIpc) is 2.91. The standard InChI is InChI=1S/C16H13ClN2O3/c17-13-6-4-9(8-12(13)16(21)22)18-19-14-7-5-11-10(14)2-1-3-15(11)20/h1-4,6,8,18,20H,5,7H2,(H,21,22)/b19-14+. The Labute approximate surface area is 131 Å². The zero-order valence-corrected chi connectivity index (χ0v) is 12.3. The third-order valence-corrected chi connectivity index (χ3v) is 3.92. The van der Waals surface area contributed by atoms with Gasteiger partial charge in [0.1, 0.15) is 5.75 Å². The lowest BCUT2D eigenvalue weighted by Gasteiger charge is -2.06. The third-order valence-electron chi connectivity index (χ3n) is 3.59. The second-order valence-electron chi connectivity index (χ2n) is 4.97. The second kappa shape index (κ2) is 5.69. The van der Waals surface area contributed by atoms with Gasteiger partial charge in [-0.2, -0.15) is 5.10 Å². The number of phenols is 1. The first-order chi connectivity index (χ1) is 10.6. The highest BCUT2D eigenvalue weighted by Crippen LogP contribution is 2.30. The third kappa shape index (κ3) is 2.63. The largest absolute Gasteiger partial charge is 0.508 e. The van der Waals surface area contributed by atoms with Crippen LogP contribution in [0.25, 0.3) is 0 Å². The molecule has 3 N–H and O–H groups in total. The molecule has 5 nitrogen and oxygen atoms in total. The molecule has 3 rings (SSSR count). The van der Waals surface area contributed by atoms with Crippen molar-refractivity contribution in [1.82, 2.24) is 0 Å². The van der Waals surface area contributed by atoms with Gasteiger partial charge in [0.25, 0.3) is 0 Å². The van der Waals surface area contributed by atoms with Crippen molar-refractivity contribution >= 4 is 29.0 Å². The molecular weight excluding hydrogens is 304 g/mol. The van der Waals surface area contributed by atoms with Crippen LogP contribution in [0.1, 0.15) is 27.9 Å². The topological polar surface area (TPSA) is 81.9 Å². The monoisotopic (exact) mass is 316 g/mol. The van der Waals surface area contributed by atoms with Crippen LogP contribution < -0.4 is 5.43 Å². The van der Waals surface area contributed by atoms with E-state index in [1.54, 1.807) is 18.2 Å². The molecule has 2 aromatic carbocycles. The van der Waals surface area contributed by atoms with Crippen molar-refractivity contribution in [2.75, 3.05) is 5.43 Å². The van der Waals surface area contributed by atoms with Crippen LogP contribution in [0.2, 0.25) is 5.02 Å². The first kappa shape index (κ1) is 14.4. The number of benzene rings is 2. The molecule has 0 saturated carbocycles. The number of hydrogen-bond acceptors (Lipinski definition) is 4. The van der Waals surface area contributed by atoms with Gasteiger partial charge in [-0.05, 0) is 37.1 Å². The quantitative estimate of drug-likeness (QED) is 0.757. The molecule has 0 aliphatic heterocycles. The van der Waals surface area contributed by atoms with E-state index in [9.17, 15) is 9.90 Å². The van der Waals surface area contributed by atoms with Crippen LogP contribution in [0.5, 0.6) is 5.75 Å². The Kier molecular flexibility index (Phi) is 3.73. The van der Waals surface area contributed by atoms with Gasteiger partial charge in [-0.15, -0.1) is 0 Å². The van der Waals surface area contributed by atoms with Gasteiger partial charge in [-0.3, -0.25) is 5.43 Å². The molecule has 0 aromatic heterocycles. The van der Waals surface area contributed by atoms with Crippen LogP contribution in [0.3, 0.4) is 0 Å². The first-order valence-electron chi connectivity index (χ1n) is 6.73. The van der Waals surface area contributed by atoms with E-state index in [0.29, 0.717) is 5.69 Å². The van der Waals surface area contributed by atoms with Gasteiger partial charge >= 0.3 is 5.97 Å². The first-order valence-corrected chi connectivity index (χ1v) is 7.10. The lowest BCUT2D eigenvalue weighted by atomic mass is 10.1. The Balaban J connectivity index is 1.86. The van der Waals surface area contributed by atoms with Crippen LogP contribution in [-0.4, -0.2) is 21.9 Å². The molecule has 2 aromatic rings. The summed E-state index contributed by atoms with van der Waals surface area (Å²) in [4.78, 5) is 11.1. The minimum Gasteiger partial charge on any atom is -0.508 e. The summed E-state index contributed by atoms with van der Waals surface area (Å²) in [5.74, 6) is -0.806. The number of carboxylic acids is 1. The highest BCUT2D eigenvalue weighted by Gasteiger charge is 2.20. The van der Waals surface area contributed by atoms with E-state index in [2.05, 4.69) is 10.5 Å². The van der Waals surface area contributed by atoms with Crippen LogP contribution >= 0.6 is 11.6 Å². The van der Waals surface area contributed by atoms with Gasteiger partial charge in [0, 0.05) is 11.1 Å². The SMILES string of the molecule is O=C(O)c1cc(N/N=C2\CCc3c(O)cccc32)ccc1Cl. The number of fused-ring (bicyclic) bond motifs is 1. The van der Waals surface area contributed by atoms with Gasteiger partial charge in [0.15, 0.2) is 0 Å². The highest BCUT2D eigenvalue weighted by atomic mass is 35.5. The molecule has 0 fully saturated rings. The Bertz CT molecular complexity index is 787. The van der Waals surface area contributed by atoms with Crippen LogP contribution in [0.15, 0.2) is 41.5 Å². The molecule has 0 spiro atoms. The summed E-state index contributed by atoms with van der Waals surface area (Å²) in [6, 6.07) is 9.96. The molecule has 0 atom stereocenters. The van der Waals surface area contributed by atoms with Gasteiger partial charge in [0.2, 0.25) is 0 Å². The molecule has 6 heteroatoms. The van der Waals surface area contributed by atoms with Crippen molar-refractivity contribution in [3.05, 3.63) is 58.1 Å². The van der Waals surface area contributed by atoms with Crippen molar-refractivity contribution in [3.8, 4) is 5.75 Å². The van der Waals surface area contributed by atoms with E-state index < -0.39 is 5.97 Å². The summed E-state index contributed by atoms with van der Waals surface area (Å²) in [6.07, 6.45) is 1.46. The second-order valence-corrected chi connectivity index (χ2v) is 5.38. The zero-order chi connectivity index (χ0) is 15.7. The highest BCUT2D eigenvalue weighted by molar-refractivity contribution is 6.33. The van der Waals surface area contributed by atoms with Crippen molar-refractivity contribution in [3.63, 3.8) is 0 Å². The van der Waals surface area contributed by atoms with Crippen LogP contribution in [0.4, 0.5) is 5.69 Å². The molecule has 0 unspecified atom stereocenters. The number of nitrogens with zero attached hydrogens (tertiary/aromatic N) is 1. The Morgan fingerprint density at radius 1 is 1.23 bits per heavy atom. The lowest BCUT2D eigenvalue weighted by Crippen LogP contribution is -2.02. The number of carbonyl (C=O) groups is 1. The van der Waals surface area contributed by atoms with E-state index >= 15 is 0 Å². The Morgan fingerprint density at radius 3 is 2.82 bits per heavy atom. The van der Waals surface area contributed by atoms with E-state index in [1.807, 2.05) is 6.07 Å². The Hall–Kier alpha value is -2.53. The zero-order valence-electron chi connectivity index (χ0n) is 11.5. The number of nitrogens with one attached hydrogen (secondary N) is 1. The lowest BCUT2D eigenvalue weighted by molar-refractivity contribution is 0.0697. The van der Waals surface area contributed by atoms with Crippen molar-refractivity contribution in [2.45, 2.75) is 12.8 Å². The van der Waals surface area contributed by atoms with Crippen LogP contribution in [-0.2, 0) is 6.42 Å². The fraction of sp³-hybridized carbons (Fsp3) is 0.125. The maximum Gasteiger partial charge on any atom is 0.337 e. The molecule has 0 amide bonds. The molecule has 1 aliphatic carbocycles. The number of anilines is 1. The summed E-state index contributed by atoms with van der Waals surface area (Å²) in [6.45, 7) is 0. The molecule has 112 valence electrons. The summed E-state index contributed by atoms with van der Waals surface area (Å²) < 4.78 is 0. The fourth-order valence-electron chi connectivity index (χ4n) is 2.49. The molecule has 0 radical (unpaired) electrons. The van der Waals surface area contributed by atoms with E-state index in [0.717, 1.165) is 29.7 Å². The maximum absolute atomic E-state index is 11.1. The molecular formula is C16H13ClN2O3. The normalized spacial score (nSPS) is 14.9. The number of hydrazone groups is 1. The van der Waals surface area contributed by atoms with Gasteiger partial charge in [0.05, 0.1) is 22.0 Å². The molecule has 0 bridgehead atoms. The van der Waals surface area contributed by atoms with Crippen LogP contribution in [0, 0.1) is 0 Å². The predicted molar refractivity (Wildman–Crippen MR) is 85.0 cm³/mol. The van der Waals surface area contributed by atoms with Gasteiger partial charge in [-0.1, -0.05) is 23.7 Å². The van der Waals surface area contributed by atoms with Crippen molar-refractivity contribution in [1.29, 1.82) is 0 Å². The number of halogens is 1. The minimum absolute atomic E-state index is 0.0244. The summed E-state index contributed by atoms with van der Waals surface area (Å²) >= 11 is 5.83. The number of phenolic OH excluding ortho intramolecular Hbond substituents is 1. The number of carboxylic acid groups (broad SMARTS) is 1. The van der Waals surface area contributed by atoms with E-state index in [1.165, 1.54) is 12.1 Å². The van der Waals surface area contributed by atoms with E-state index in [-0.39, 0.29) is 16.3 Å². The molecule has 0 heterocycles.